The highest BCUT2D eigenvalue weighted by molar-refractivity contribution is 5.81. The zero-order valence-electron chi connectivity index (χ0n) is 15.6. The van der Waals surface area contributed by atoms with Gasteiger partial charge in [-0.05, 0) is 0 Å². The molecule has 214 valence electrons. The van der Waals surface area contributed by atoms with E-state index in [0.29, 0.717) is 0 Å². The van der Waals surface area contributed by atoms with Gasteiger partial charge in [0, 0.05) is 6.08 Å². The summed E-state index contributed by atoms with van der Waals surface area (Å²) in [5.74, 6) is -56.2. The quantitative estimate of drug-likeness (QED) is 0.205. The predicted octanol–water partition coefficient (Wildman–Crippen LogP) is 5.98. The standard InChI is InChI=1S/C13H4F20O3/c1-2-3(34)36-13(32,33)10(25,35)9(23,24)8(21,22)7(19,20)6(17,18)5(15,16)4(14,11(26,27)28)12(29,30)31/h2,35H,1H2. The number of carbonyl (C=O) groups excluding carboxylic acids is 1. The predicted molar refractivity (Wildman–Crippen MR) is 68.0 cm³/mol. The van der Waals surface area contributed by atoms with E-state index in [0.717, 1.165) is 0 Å². The average Bonchev–Trinajstić information content (AvgIpc) is 2.63. The highest BCUT2D eigenvalue weighted by Crippen LogP contribution is 2.66. The molecule has 1 atom stereocenters. The van der Waals surface area contributed by atoms with Gasteiger partial charge in [-0.3, -0.25) is 0 Å². The Morgan fingerprint density at radius 1 is 0.556 bits per heavy atom. The van der Waals surface area contributed by atoms with Crippen LogP contribution in [0.2, 0.25) is 0 Å². The Hall–Kier alpha value is -2.23. The number of ether oxygens (including phenoxy) is 1. The number of halogens is 20. The summed E-state index contributed by atoms with van der Waals surface area (Å²) in [7, 11) is 0. The summed E-state index contributed by atoms with van der Waals surface area (Å²) in [4.78, 5) is 10.5. The molecule has 0 heterocycles. The summed E-state index contributed by atoms with van der Waals surface area (Å²) in [6.45, 7) is 2.23. The lowest BCUT2D eigenvalue weighted by molar-refractivity contribution is -0.491. The molecule has 0 saturated heterocycles. The van der Waals surface area contributed by atoms with Gasteiger partial charge in [0.2, 0.25) is 0 Å². The van der Waals surface area contributed by atoms with Crippen molar-refractivity contribution in [2.24, 2.45) is 0 Å². The van der Waals surface area contributed by atoms with E-state index in [4.69, 9.17) is 5.11 Å². The van der Waals surface area contributed by atoms with E-state index in [-0.39, 0.29) is 0 Å². The summed E-state index contributed by atoms with van der Waals surface area (Å²) < 4.78 is 264. The molecule has 0 aromatic heterocycles. The Morgan fingerprint density at radius 2 is 0.833 bits per heavy atom. The van der Waals surface area contributed by atoms with Crippen molar-refractivity contribution in [2.75, 3.05) is 0 Å². The number of hydrogen-bond acceptors (Lipinski definition) is 3. The van der Waals surface area contributed by atoms with Gasteiger partial charge in [-0.15, -0.1) is 0 Å². The highest BCUT2D eigenvalue weighted by Gasteiger charge is 2.99. The van der Waals surface area contributed by atoms with Crippen molar-refractivity contribution in [3.8, 4) is 0 Å². The lowest BCUT2D eigenvalue weighted by Crippen LogP contribution is -2.79. The maximum Gasteiger partial charge on any atom is 0.468 e. The van der Waals surface area contributed by atoms with Gasteiger partial charge >= 0.3 is 65.6 Å². The van der Waals surface area contributed by atoms with Crippen LogP contribution in [0.5, 0.6) is 0 Å². The minimum atomic E-state index is -9.30. The fraction of sp³-hybridized carbons (Fsp3) is 0.769. The molecule has 3 nitrogen and oxygen atoms in total. The second-order valence-corrected chi connectivity index (χ2v) is 6.29. The minimum absolute atomic E-state index is 0.543. The van der Waals surface area contributed by atoms with Gasteiger partial charge in [-0.1, -0.05) is 6.58 Å². The largest absolute Gasteiger partial charge is 0.468 e. The van der Waals surface area contributed by atoms with Gasteiger partial charge in [0.05, 0.1) is 0 Å². The maximum absolute atomic E-state index is 13.5. The lowest BCUT2D eigenvalue weighted by atomic mass is 9.83. The van der Waals surface area contributed by atoms with Crippen LogP contribution >= 0.6 is 0 Å². The monoisotopic (exact) mass is 588 g/mol. The molecule has 0 radical (unpaired) electrons. The van der Waals surface area contributed by atoms with E-state index in [2.05, 4.69) is 11.3 Å². The summed E-state index contributed by atoms with van der Waals surface area (Å²) in [6.07, 6.45) is -24.6. The molecule has 1 N–H and O–H groups in total. The van der Waals surface area contributed by atoms with E-state index in [1.807, 2.05) is 0 Å². The normalized spacial score (nSPS) is 17.5. The molecule has 0 aromatic carbocycles. The van der Waals surface area contributed by atoms with E-state index in [1.54, 1.807) is 0 Å². The highest BCUT2D eigenvalue weighted by atomic mass is 19.4. The molecule has 0 fully saturated rings. The van der Waals surface area contributed by atoms with Crippen LogP contribution in [0, 0.1) is 0 Å². The zero-order valence-corrected chi connectivity index (χ0v) is 15.6. The lowest BCUT2D eigenvalue weighted by Gasteiger charge is -2.45. The van der Waals surface area contributed by atoms with Gasteiger partial charge in [0.1, 0.15) is 0 Å². The minimum Gasteiger partial charge on any atom is -0.393 e. The van der Waals surface area contributed by atoms with Crippen molar-refractivity contribution in [1.82, 2.24) is 0 Å². The fourth-order valence-corrected chi connectivity index (χ4v) is 1.95. The second kappa shape index (κ2) is 8.39. The molecule has 0 rings (SSSR count). The molecular formula is C13H4F20O3. The second-order valence-electron chi connectivity index (χ2n) is 6.29. The Morgan fingerprint density at radius 3 is 1.11 bits per heavy atom. The molecule has 0 spiro atoms. The molecule has 0 aliphatic heterocycles. The molecule has 0 amide bonds. The topological polar surface area (TPSA) is 46.5 Å². The van der Waals surface area contributed by atoms with Crippen molar-refractivity contribution in [3.63, 3.8) is 0 Å². The fourth-order valence-electron chi connectivity index (χ4n) is 1.95. The van der Waals surface area contributed by atoms with Crippen LogP contribution in [0.3, 0.4) is 0 Å². The van der Waals surface area contributed by atoms with Gasteiger partial charge in [0.25, 0.3) is 0 Å². The van der Waals surface area contributed by atoms with E-state index in [1.165, 1.54) is 0 Å². The Bertz CT molecular complexity index is 836. The smallest absolute Gasteiger partial charge is 0.393 e. The number of aliphatic hydroxyl groups is 1. The summed E-state index contributed by atoms with van der Waals surface area (Å²) >= 11 is 0. The number of hydrogen-bond donors (Lipinski definition) is 1. The SMILES string of the molecule is C=CC(=O)OC(F)(F)C(O)(F)C(F)(F)C(F)(F)C(F)(F)C(F)(F)C(F)(F)C(F)(C(F)(F)F)C(F)(F)F. The zero-order chi connectivity index (χ0) is 30.0. The first-order valence-corrected chi connectivity index (χ1v) is 7.56. The van der Waals surface area contributed by atoms with E-state index in [9.17, 15) is 92.6 Å². The average molecular weight is 588 g/mol. The first kappa shape index (κ1) is 33.8. The third kappa shape index (κ3) is 4.09. The van der Waals surface area contributed by atoms with Crippen molar-refractivity contribution in [1.29, 1.82) is 0 Å². The molecule has 0 saturated carbocycles. The number of alkyl halides is 20. The van der Waals surface area contributed by atoms with Crippen LogP contribution in [-0.2, 0) is 9.53 Å². The molecule has 0 aromatic rings. The van der Waals surface area contributed by atoms with Crippen molar-refractivity contribution < 1.29 is 102 Å². The van der Waals surface area contributed by atoms with Crippen LogP contribution in [0.15, 0.2) is 12.7 Å². The molecule has 36 heavy (non-hydrogen) atoms. The summed E-state index contributed by atoms with van der Waals surface area (Å²) in [5, 5.41) is 8.34. The van der Waals surface area contributed by atoms with Crippen LogP contribution in [-0.4, -0.2) is 70.7 Å². The van der Waals surface area contributed by atoms with Gasteiger partial charge in [-0.25, -0.2) is 9.18 Å². The van der Waals surface area contributed by atoms with E-state index >= 15 is 0 Å². The summed E-state index contributed by atoms with van der Waals surface area (Å²) in [6, 6.07) is 0. The van der Waals surface area contributed by atoms with Gasteiger partial charge in [0.15, 0.2) is 0 Å². The molecule has 23 heteroatoms. The number of esters is 1. The van der Waals surface area contributed by atoms with Crippen LogP contribution in [0.1, 0.15) is 0 Å². The molecular weight excluding hydrogens is 584 g/mol. The molecule has 0 aliphatic rings. The van der Waals surface area contributed by atoms with Gasteiger partial charge in [-0.2, -0.15) is 83.4 Å². The summed E-state index contributed by atoms with van der Waals surface area (Å²) in [5.41, 5.74) is -8.92. The first-order chi connectivity index (χ1) is 15.2. The van der Waals surface area contributed by atoms with E-state index < -0.39 is 71.6 Å². The maximum atomic E-state index is 13.5. The van der Waals surface area contributed by atoms with Gasteiger partial charge < -0.3 is 9.84 Å². The van der Waals surface area contributed by atoms with Crippen LogP contribution in [0.25, 0.3) is 0 Å². The Kier molecular flexibility index (Phi) is 7.87. The van der Waals surface area contributed by atoms with Crippen LogP contribution < -0.4 is 0 Å². The molecule has 0 bridgehead atoms. The number of rotatable bonds is 9. The molecule has 0 aliphatic carbocycles. The first-order valence-electron chi connectivity index (χ1n) is 7.56. The molecule has 1 unspecified atom stereocenters. The third-order valence-corrected chi connectivity index (χ3v) is 3.99. The van der Waals surface area contributed by atoms with Crippen molar-refractivity contribution in [2.45, 2.75) is 59.6 Å². The Balaban J connectivity index is 7.21. The third-order valence-electron chi connectivity index (χ3n) is 3.99. The number of carbonyl (C=O) groups is 1. The van der Waals surface area contributed by atoms with Crippen LogP contribution in [0.4, 0.5) is 87.8 Å². The Labute approximate surface area is 182 Å². The van der Waals surface area contributed by atoms with Crippen molar-refractivity contribution in [3.05, 3.63) is 12.7 Å². The van der Waals surface area contributed by atoms with Crippen molar-refractivity contribution >= 4 is 5.97 Å².